The van der Waals surface area contributed by atoms with E-state index in [0.717, 1.165) is 6.54 Å². The number of amides is 1. The van der Waals surface area contributed by atoms with Crippen LogP contribution in [0.2, 0.25) is 0 Å². The van der Waals surface area contributed by atoms with Crippen LogP contribution in [-0.4, -0.2) is 43.0 Å². The molecule has 0 atom stereocenters. The van der Waals surface area contributed by atoms with Gasteiger partial charge in [-0.15, -0.1) is 0 Å². The second kappa shape index (κ2) is 5.75. The molecule has 100 valence electrons. The maximum atomic E-state index is 13.6. The van der Waals surface area contributed by atoms with E-state index < -0.39 is 5.82 Å². The van der Waals surface area contributed by atoms with E-state index in [9.17, 15) is 9.18 Å². The van der Waals surface area contributed by atoms with Gasteiger partial charge in [-0.3, -0.25) is 4.79 Å². The summed E-state index contributed by atoms with van der Waals surface area (Å²) in [6.07, 6.45) is 0. The van der Waals surface area contributed by atoms with E-state index in [0.29, 0.717) is 11.9 Å². The van der Waals surface area contributed by atoms with Gasteiger partial charge in [0.15, 0.2) is 0 Å². The molecule has 1 aromatic heterocycles. The minimum Gasteiger partial charge on any atom is -0.349 e. The standard InChI is InChI=1S/C14H16FN3O/c1-18(2)9-8-16-14(19)12-7-6-10-4-3-5-11(15)13(10)17-12/h3-7H,8-9H2,1-2H3,(H,16,19). The summed E-state index contributed by atoms with van der Waals surface area (Å²) in [4.78, 5) is 17.9. The number of rotatable bonds is 4. The van der Waals surface area contributed by atoms with Crippen LogP contribution in [0, 0.1) is 5.82 Å². The quantitative estimate of drug-likeness (QED) is 0.910. The number of para-hydroxylation sites is 1. The molecule has 0 saturated heterocycles. The summed E-state index contributed by atoms with van der Waals surface area (Å²) in [5.74, 6) is -0.701. The average molecular weight is 261 g/mol. The summed E-state index contributed by atoms with van der Waals surface area (Å²) in [5.41, 5.74) is 0.458. The Balaban J connectivity index is 2.16. The topological polar surface area (TPSA) is 45.2 Å². The van der Waals surface area contributed by atoms with Crippen molar-refractivity contribution in [2.75, 3.05) is 27.2 Å². The summed E-state index contributed by atoms with van der Waals surface area (Å²) < 4.78 is 13.6. The van der Waals surface area contributed by atoms with Gasteiger partial charge in [-0.1, -0.05) is 18.2 Å². The summed E-state index contributed by atoms with van der Waals surface area (Å²) >= 11 is 0. The Labute approximate surface area is 111 Å². The fourth-order valence-electron chi connectivity index (χ4n) is 1.72. The van der Waals surface area contributed by atoms with E-state index in [1.54, 1.807) is 24.3 Å². The molecule has 0 radical (unpaired) electrons. The zero-order valence-electron chi connectivity index (χ0n) is 11.0. The lowest BCUT2D eigenvalue weighted by molar-refractivity contribution is 0.0946. The van der Waals surface area contributed by atoms with Crippen LogP contribution in [-0.2, 0) is 0 Å². The largest absolute Gasteiger partial charge is 0.349 e. The number of carbonyl (C=O) groups is 1. The first-order valence-corrected chi connectivity index (χ1v) is 6.06. The number of carbonyl (C=O) groups excluding carboxylic acids is 1. The number of nitrogens with zero attached hydrogens (tertiary/aromatic N) is 2. The SMILES string of the molecule is CN(C)CCNC(=O)c1ccc2cccc(F)c2n1. The first kappa shape index (κ1) is 13.4. The van der Waals surface area contributed by atoms with Crippen molar-refractivity contribution in [1.29, 1.82) is 0 Å². The Kier molecular flexibility index (Phi) is 4.06. The highest BCUT2D eigenvalue weighted by Crippen LogP contribution is 2.15. The minimum atomic E-state index is -0.416. The minimum absolute atomic E-state index is 0.225. The van der Waals surface area contributed by atoms with Gasteiger partial charge >= 0.3 is 0 Å². The third-order valence-corrected chi connectivity index (χ3v) is 2.75. The first-order chi connectivity index (χ1) is 9.08. The third kappa shape index (κ3) is 3.26. The number of aromatic nitrogens is 1. The molecule has 0 aliphatic rings. The van der Waals surface area contributed by atoms with Gasteiger partial charge in [-0.2, -0.15) is 0 Å². The van der Waals surface area contributed by atoms with Gasteiger partial charge in [-0.05, 0) is 26.2 Å². The molecule has 5 heteroatoms. The second-order valence-corrected chi connectivity index (χ2v) is 4.57. The summed E-state index contributed by atoms with van der Waals surface area (Å²) in [6.45, 7) is 1.27. The number of benzene rings is 1. The lowest BCUT2D eigenvalue weighted by Gasteiger charge is -2.10. The zero-order valence-corrected chi connectivity index (χ0v) is 11.0. The van der Waals surface area contributed by atoms with Crippen molar-refractivity contribution in [2.24, 2.45) is 0 Å². The normalized spacial score (nSPS) is 10.9. The Bertz CT molecular complexity index is 598. The third-order valence-electron chi connectivity index (χ3n) is 2.75. The Morgan fingerprint density at radius 3 is 2.84 bits per heavy atom. The molecular weight excluding hydrogens is 245 g/mol. The molecule has 1 amide bonds. The van der Waals surface area contributed by atoms with Crippen molar-refractivity contribution >= 4 is 16.8 Å². The second-order valence-electron chi connectivity index (χ2n) is 4.57. The van der Waals surface area contributed by atoms with Crippen LogP contribution in [0.5, 0.6) is 0 Å². The fourth-order valence-corrected chi connectivity index (χ4v) is 1.72. The van der Waals surface area contributed by atoms with Gasteiger partial charge in [0, 0.05) is 18.5 Å². The lowest BCUT2D eigenvalue weighted by atomic mass is 10.2. The van der Waals surface area contributed by atoms with Gasteiger partial charge in [-0.25, -0.2) is 9.37 Å². The number of fused-ring (bicyclic) bond motifs is 1. The van der Waals surface area contributed by atoms with Crippen molar-refractivity contribution in [3.8, 4) is 0 Å². The van der Waals surface area contributed by atoms with Crippen LogP contribution < -0.4 is 5.32 Å². The number of nitrogens with one attached hydrogen (secondary N) is 1. The molecule has 4 nitrogen and oxygen atoms in total. The molecule has 2 rings (SSSR count). The molecule has 0 unspecified atom stereocenters. The van der Waals surface area contributed by atoms with Gasteiger partial charge in [0.1, 0.15) is 17.0 Å². The molecule has 19 heavy (non-hydrogen) atoms. The smallest absolute Gasteiger partial charge is 0.269 e. The van der Waals surface area contributed by atoms with Crippen LogP contribution in [0.3, 0.4) is 0 Å². The van der Waals surface area contributed by atoms with E-state index in [2.05, 4.69) is 10.3 Å². The molecule has 0 bridgehead atoms. The molecule has 0 aliphatic heterocycles. The van der Waals surface area contributed by atoms with Gasteiger partial charge in [0.2, 0.25) is 0 Å². The maximum Gasteiger partial charge on any atom is 0.269 e. The van der Waals surface area contributed by atoms with Crippen molar-refractivity contribution < 1.29 is 9.18 Å². The van der Waals surface area contributed by atoms with Crippen molar-refractivity contribution in [2.45, 2.75) is 0 Å². The van der Waals surface area contributed by atoms with E-state index in [1.807, 2.05) is 19.0 Å². The van der Waals surface area contributed by atoms with Crippen molar-refractivity contribution in [1.82, 2.24) is 15.2 Å². The van der Waals surface area contributed by atoms with E-state index in [4.69, 9.17) is 0 Å². The monoisotopic (exact) mass is 261 g/mol. The summed E-state index contributed by atoms with van der Waals surface area (Å²) in [5, 5.41) is 3.43. The number of hydrogen-bond acceptors (Lipinski definition) is 3. The van der Waals surface area contributed by atoms with Crippen molar-refractivity contribution in [3.05, 3.63) is 41.8 Å². The Hall–Kier alpha value is -2.01. The number of pyridine rings is 1. The summed E-state index contributed by atoms with van der Waals surface area (Å²) in [7, 11) is 3.85. The van der Waals surface area contributed by atoms with Gasteiger partial charge < -0.3 is 10.2 Å². The van der Waals surface area contributed by atoms with Gasteiger partial charge in [0.05, 0.1) is 0 Å². The molecule has 0 spiro atoms. The van der Waals surface area contributed by atoms with Gasteiger partial charge in [0.25, 0.3) is 5.91 Å². The number of halogens is 1. The maximum absolute atomic E-state index is 13.6. The highest BCUT2D eigenvalue weighted by atomic mass is 19.1. The highest BCUT2D eigenvalue weighted by molar-refractivity contribution is 5.94. The van der Waals surface area contributed by atoms with E-state index in [-0.39, 0.29) is 17.1 Å². The molecule has 0 aliphatic carbocycles. The highest BCUT2D eigenvalue weighted by Gasteiger charge is 2.09. The summed E-state index contributed by atoms with van der Waals surface area (Å²) in [6, 6.07) is 8.03. The van der Waals surface area contributed by atoms with Crippen LogP contribution in [0.4, 0.5) is 4.39 Å². The van der Waals surface area contributed by atoms with E-state index in [1.165, 1.54) is 6.07 Å². The fraction of sp³-hybridized carbons (Fsp3) is 0.286. The molecule has 0 fully saturated rings. The van der Waals surface area contributed by atoms with E-state index >= 15 is 0 Å². The van der Waals surface area contributed by atoms with Crippen molar-refractivity contribution in [3.63, 3.8) is 0 Å². The zero-order chi connectivity index (χ0) is 13.8. The molecule has 1 heterocycles. The van der Waals surface area contributed by atoms with Crippen LogP contribution in [0.25, 0.3) is 10.9 Å². The molecular formula is C14H16FN3O. The Morgan fingerprint density at radius 2 is 2.11 bits per heavy atom. The first-order valence-electron chi connectivity index (χ1n) is 6.06. The molecule has 1 N–H and O–H groups in total. The number of hydrogen-bond donors (Lipinski definition) is 1. The average Bonchev–Trinajstić information content (AvgIpc) is 2.38. The number of likely N-dealkylation sites (N-methyl/N-ethyl adjacent to an activating group) is 1. The predicted octanol–water partition coefficient (Wildman–Crippen LogP) is 1.67. The molecule has 0 saturated carbocycles. The van der Waals surface area contributed by atoms with Crippen LogP contribution >= 0.6 is 0 Å². The molecule has 1 aromatic carbocycles. The lowest BCUT2D eigenvalue weighted by Crippen LogP contribution is -2.31. The molecule has 2 aromatic rings. The Morgan fingerprint density at radius 1 is 1.32 bits per heavy atom. The van der Waals surface area contributed by atoms with Crippen LogP contribution in [0.15, 0.2) is 30.3 Å². The van der Waals surface area contributed by atoms with Crippen LogP contribution in [0.1, 0.15) is 10.5 Å². The predicted molar refractivity (Wildman–Crippen MR) is 72.6 cm³/mol.